The molecule has 1 aromatic carbocycles. The number of benzene rings is 1. The highest BCUT2D eigenvalue weighted by Gasteiger charge is 2.52. The molecule has 1 aromatic rings. The van der Waals surface area contributed by atoms with Gasteiger partial charge in [-0.05, 0) is 30.4 Å². The number of nitrogens with two attached hydrogens (primary N) is 1. The van der Waals surface area contributed by atoms with Crippen molar-refractivity contribution in [3.8, 4) is 0 Å². The second-order valence-corrected chi connectivity index (χ2v) is 4.56. The van der Waals surface area contributed by atoms with E-state index >= 15 is 0 Å². The maximum atomic E-state index is 10.7. The van der Waals surface area contributed by atoms with Gasteiger partial charge in [-0.2, -0.15) is 0 Å². The van der Waals surface area contributed by atoms with Crippen LogP contribution in [0.15, 0.2) is 24.3 Å². The number of hydrogen-bond acceptors (Lipinski definition) is 2. The average Bonchev–Trinajstić information content (AvgIpc) is 2.50. The van der Waals surface area contributed by atoms with Crippen molar-refractivity contribution in [2.75, 3.05) is 0 Å². The first-order valence-electron chi connectivity index (χ1n) is 5.67. The van der Waals surface area contributed by atoms with Gasteiger partial charge in [-0.1, -0.05) is 38.1 Å². The summed E-state index contributed by atoms with van der Waals surface area (Å²) < 4.78 is 0. The highest BCUT2D eigenvalue weighted by molar-refractivity contribution is 5.43. The molecule has 2 heteroatoms. The summed E-state index contributed by atoms with van der Waals surface area (Å²) in [6, 6.07) is 8.06. The highest BCUT2D eigenvalue weighted by Crippen LogP contribution is 2.46. The van der Waals surface area contributed by atoms with Crippen LogP contribution in [0.25, 0.3) is 0 Å². The molecule has 0 fully saturated rings. The Hall–Kier alpha value is -0.860. The largest absolute Gasteiger partial charge is 0.383 e. The van der Waals surface area contributed by atoms with Gasteiger partial charge in [-0.25, -0.2) is 0 Å². The van der Waals surface area contributed by atoms with Crippen LogP contribution in [0.3, 0.4) is 0 Å². The van der Waals surface area contributed by atoms with Gasteiger partial charge in [-0.3, -0.25) is 0 Å². The Bertz CT molecular complexity index is 377. The molecule has 0 saturated carbocycles. The maximum absolute atomic E-state index is 10.7. The quantitative estimate of drug-likeness (QED) is 0.775. The topological polar surface area (TPSA) is 46.2 Å². The van der Waals surface area contributed by atoms with Crippen LogP contribution in [-0.4, -0.2) is 10.6 Å². The first kappa shape index (κ1) is 10.7. The molecule has 0 amide bonds. The van der Waals surface area contributed by atoms with Crippen LogP contribution < -0.4 is 5.73 Å². The van der Waals surface area contributed by atoms with Crippen molar-refractivity contribution in [2.24, 2.45) is 5.73 Å². The molecule has 2 unspecified atom stereocenters. The van der Waals surface area contributed by atoms with Crippen LogP contribution in [0, 0.1) is 0 Å². The summed E-state index contributed by atoms with van der Waals surface area (Å²) in [7, 11) is 0. The Labute approximate surface area is 91.1 Å². The fourth-order valence-corrected chi connectivity index (χ4v) is 2.79. The minimum Gasteiger partial charge on any atom is -0.383 e. The number of aliphatic hydroxyl groups is 1. The van der Waals surface area contributed by atoms with E-state index in [-0.39, 0.29) is 0 Å². The van der Waals surface area contributed by atoms with E-state index in [1.807, 2.05) is 32.0 Å². The second-order valence-electron chi connectivity index (χ2n) is 4.56. The number of fused-ring (bicyclic) bond motifs is 1. The van der Waals surface area contributed by atoms with Crippen molar-refractivity contribution in [1.82, 2.24) is 0 Å². The van der Waals surface area contributed by atoms with Gasteiger partial charge in [0.2, 0.25) is 0 Å². The molecule has 15 heavy (non-hydrogen) atoms. The summed E-state index contributed by atoms with van der Waals surface area (Å²) in [6.45, 7) is 4.05. The minimum atomic E-state index is -0.849. The third kappa shape index (κ3) is 1.25. The Balaban J connectivity index is 2.57. The molecule has 1 aliphatic rings. The zero-order chi connectivity index (χ0) is 11.1. The molecule has 0 saturated heterocycles. The Morgan fingerprint density at radius 1 is 1.27 bits per heavy atom. The van der Waals surface area contributed by atoms with Crippen molar-refractivity contribution in [1.29, 1.82) is 0 Å². The van der Waals surface area contributed by atoms with Gasteiger partial charge in [-0.15, -0.1) is 0 Å². The molecule has 0 aromatic heterocycles. The van der Waals surface area contributed by atoms with E-state index in [1.54, 1.807) is 0 Å². The lowest BCUT2D eigenvalue weighted by atomic mass is 9.77. The van der Waals surface area contributed by atoms with Gasteiger partial charge in [0.1, 0.15) is 5.60 Å². The second kappa shape index (κ2) is 3.32. The first-order valence-corrected chi connectivity index (χ1v) is 5.67. The van der Waals surface area contributed by atoms with E-state index in [0.717, 1.165) is 18.4 Å². The van der Waals surface area contributed by atoms with Gasteiger partial charge in [0, 0.05) is 0 Å². The molecule has 3 N–H and O–H groups in total. The molecule has 2 rings (SSSR count). The lowest BCUT2D eigenvalue weighted by molar-refractivity contribution is -0.0343. The predicted octanol–water partition coefficient (Wildman–Crippen LogP) is 1.95. The summed E-state index contributed by atoms with van der Waals surface area (Å²) in [5.74, 6) is 0. The van der Waals surface area contributed by atoms with E-state index < -0.39 is 11.1 Å². The van der Waals surface area contributed by atoms with Gasteiger partial charge < -0.3 is 10.8 Å². The lowest BCUT2D eigenvalue weighted by Gasteiger charge is -2.38. The standard InChI is InChI=1S/C13H19NO/c1-3-12(14)9-10-7-5-6-8-11(10)13(12,15)4-2/h5-8,15H,3-4,9,14H2,1-2H3. The van der Waals surface area contributed by atoms with Crippen molar-refractivity contribution in [2.45, 2.75) is 44.2 Å². The summed E-state index contributed by atoms with van der Waals surface area (Å²) in [5.41, 5.74) is 7.23. The van der Waals surface area contributed by atoms with E-state index in [2.05, 4.69) is 6.07 Å². The van der Waals surface area contributed by atoms with Crippen molar-refractivity contribution >= 4 is 0 Å². The van der Waals surface area contributed by atoms with Crippen molar-refractivity contribution in [3.05, 3.63) is 35.4 Å². The zero-order valence-corrected chi connectivity index (χ0v) is 9.46. The summed E-state index contributed by atoms with van der Waals surface area (Å²) in [4.78, 5) is 0. The normalized spacial score (nSPS) is 34.1. The van der Waals surface area contributed by atoms with Crippen LogP contribution in [0.4, 0.5) is 0 Å². The molecule has 0 bridgehead atoms. The van der Waals surface area contributed by atoms with E-state index in [0.29, 0.717) is 6.42 Å². The van der Waals surface area contributed by atoms with Crippen molar-refractivity contribution < 1.29 is 5.11 Å². The zero-order valence-electron chi connectivity index (χ0n) is 9.46. The molecule has 0 aliphatic heterocycles. The average molecular weight is 205 g/mol. The first-order chi connectivity index (χ1) is 7.07. The minimum absolute atomic E-state index is 0.495. The number of hydrogen-bond donors (Lipinski definition) is 2. The highest BCUT2D eigenvalue weighted by atomic mass is 16.3. The van der Waals surface area contributed by atoms with Crippen LogP contribution in [0.2, 0.25) is 0 Å². The predicted molar refractivity (Wildman–Crippen MR) is 61.5 cm³/mol. The fraction of sp³-hybridized carbons (Fsp3) is 0.538. The van der Waals surface area contributed by atoms with Gasteiger partial charge in [0.25, 0.3) is 0 Å². The van der Waals surface area contributed by atoms with Crippen LogP contribution >= 0.6 is 0 Å². The fourth-order valence-electron chi connectivity index (χ4n) is 2.79. The van der Waals surface area contributed by atoms with E-state index in [1.165, 1.54) is 5.56 Å². The molecule has 1 aliphatic carbocycles. The third-order valence-corrected chi connectivity index (χ3v) is 3.94. The summed E-state index contributed by atoms with van der Waals surface area (Å²) in [5, 5.41) is 10.7. The molecule has 2 atom stereocenters. The van der Waals surface area contributed by atoms with Crippen LogP contribution in [-0.2, 0) is 12.0 Å². The molecule has 2 nitrogen and oxygen atoms in total. The van der Waals surface area contributed by atoms with E-state index in [9.17, 15) is 5.11 Å². The van der Waals surface area contributed by atoms with Crippen molar-refractivity contribution in [3.63, 3.8) is 0 Å². The van der Waals surface area contributed by atoms with E-state index in [4.69, 9.17) is 5.73 Å². The molecule has 82 valence electrons. The third-order valence-electron chi connectivity index (χ3n) is 3.94. The van der Waals surface area contributed by atoms with Gasteiger partial charge in [0.05, 0.1) is 5.54 Å². The summed E-state index contributed by atoms with van der Waals surface area (Å²) >= 11 is 0. The molecular weight excluding hydrogens is 186 g/mol. The SMILES string of the molecule is CCC1(N)Cc2ccccc2C1(O)CC. The number of rotatable bonds is 2. The lowest BCUT2D eigenvalue weighted by Crippen LogP contribution is -2.55. The van der Waals surface area contributed by atoms with Gasteiger partial charge >= 0.3 is 0 Å². The molecule has 0 heterocycles. The monoisotopic (exact) mass is 205 g/mol. The maximum Gasteiger partial charge on any atom is 0.108 e. The van der Waals surface area contributed by atoms with Crippen LogP contribution in [0.5, 0.6) is 0 Å². The smallest absolute Gasteiger partial charge is 0.108 e. The Morgan fingerprint density at radius 2 is 1.93 bits per heavy atom. The molecular formula is C13H19NO. The van der Waals surface area contributed by atoms with Crippen LogP contribution in [0.1, 0.15) is 37.8 Å². The Kier molecular flexibility index (Phi) is 2.36. The summed E-state index contributed by atoms with van der Waals surface area (Å²) in [6.07, 6.45) is 2.25. The Morgan fingerprint density at radius 3 is 2.53 bits per heavy atom. The molecule has 0 spiro atoms. The van der Waals surface area contributed by atoms with Gasteiger partial charge in [0.15, 0.2) is 0 Å². The molecule has 0 radical (unpaired) electrons.